The highest BCUT2D eigenvalue weighted by Gasteiger charge is 2.43. The van der Waals surface area contributed by atoms with Crippen molar-refractivity contribution in [3.63, 3.8) is 0 Å². The van der Waals surface area contributed by atoms with E-state index in [1.54, 1.807) is 29.1 Å². The summed E-state index contributed by atoms with van der Waals surface area (Å²) >= 11 is 5.94. The van der Waals surface area contributed by atoms with Gasteiger partial charge in [0, 0.05) is 34.1 Å². The van der Waals surface area contributed by atoms with Gasteiger partial charge in [-0.05, 0) is 12.1 Å². The Labute approximate surface area is 121 Å². The quantitative estimate of drug-likeness (QED) is 0.744. The van der Waals surface area contributed by atoms with Crippen molar-refractivity contribution in [1.29, 1.82) is 0 Å². The van der Waals surface area contributed by atoms with Gasteiger partial charge < -0.3 is 5.11 Å². The Morgan fingerprint density at radius 2 is 1.80 bits per heavy atom. The van der Waals surface area contributed by atoms with Gasteiger partial charge in [-0.2, -0.15) is 0 Å². The summed E-state index contributed by atoms with van der Waals surface area (Å²) in [5, 5.41) is 12.0. The maximum Gasteiger partial charge on any atom is 0.197 e. The molecule has 20 heavy (non-hydrogen) atoms. The molecule has 0 amide bonds. The van der Waals surface area contributed by atoms with E-state index in [0.29, 0.717) is 5.02 Å². The molecule has 0 bridgehead atoms. The molecule has 1 unspecified atom stereocenters. The first kappa shape index (κ1) is 11.7. The number of benzene rings is 2. The highest BCUT2D eigenvalue weighted by molar-refractivity contribution is 6.30. The molecule has 0 saturated heterocycles. The van der Waals surface area contributed by atoms with Crippen molar-refractivity contribution in [2.24, 2.45) is 0 Å². The highest BCUT2D eigenvalue weighted by atomic mass is 35.5. The zero-order chi connectivity index (χ0) is 13.7. The number of aromatic nitrogens is 2. The number of fused-ring (bicyclic) bond motifs is 3. The molecule has 0 fully saturated rings. The van der Waals surface area contributed by atoms with Gasteiger partial charge in [0.25, 0.3) is 0 Å². The molecule has 2 aromatic carbocycles. The van der Waals surface area contributed by atoms with Gasteiger partial charge in [0.05, 0.1) is 0 Å². The van der Waals surface area contributed by atoms with Gasteiger partial charge in [0.15, 0.2) is 5.72 Å². The first-order valence-corrected chi connectivity index (χ1v) is 6.71. The van der Waals surface area contributed by atoms with E-state index in [2.05, 4.69) is 4.98 Å². The topological polar surface area (TPSA) is 38.1 Å². The molecule has 4 heteroatoms. The lowest BCUT2D eigenvalue weighted by Gasteiger charge is -2.27. The van der Waals surface area contributed by atoms with Crippen LogP contribution in [-0.2, 0) is 5.72 Å². The lowest BCUT2D eigenvalue weighted by molar-refractivity contribution is 0.0572. The minimum absolute atomic E-state index is 0.648. The van der Waals surface area contributed by atoms with Gasteiger partial charge in [-0.25, -0.2) is 4.98 Å². The fourth-order valence-corrected chi connectivity index (χ4v) is 2.98. The summed E-state index contributed by atoms with van der Waals surface area (Å²) < 4.78 is 1.79. The van der Waals surface area contributed by atoms with E-state index in [4.69, 9.17) is 11.6 Å². The molecule has 0 aliphatic carbocycles. The van der Waals surface area contributed by atoms with Crippen LogP contribution in [-0.4, -0.2) is 14.7 Å². The number of nitrogens with zero attached hydrogens (tertiary/aromatic N) is 2. The van der Waals surface area contributed by atoms with Crippen LogP contribution in [0.4, 0.5) is 0 Å². The fourth-order valence-electron chi connectivity index (χ4n) is 2.85. The van der Waals surface area contributed by atoms with Crippen molar-refractivity contribution in [2.75, 3.05) is 0 Å². The molecule has 3 aromatic rings. The Hall–Kier alpha value is -2.10. The van der Waals surface area contributed by atoms with E-state index in [9.17, 15) is 5.11 Å². The molecular formula is C16H11ClN2O. The summed E-state index contributed by atoms with van der Waals surface area (Å²) in [7, 11) is 0. The van der Waals surface area contributed by atoms with Crippen LogP contribution >= 0.6 is 11.6 Å². The molecule has 1 aliphatic rings. The number of imidazole rings is 1. The number of halogens is 1. The fraction of sp³-hybridized carbons (Fsp3) is 0.0625. The van der Waals surface area contributed by atoms with E-state index < -0.39 is 5.72 Å². The first-order valence-electron chi connectivity index (χ1n) is 6.33. The zero-order valence-electron chi connectivity index (χ0n) is 10.5. The molecular weight excluding hydrogens is 272 g/mol. The smallest absolute Gasteiger partial charge is 0.197 e. The SMILES string of the molecule is OC1(c2ccc(Cl)cc2)c2ccccc2-c2nccn21. The molecule has 2 heterocycles. The van der Waals surface area contributed by atoms with Crippen molar-refractivity contribution in [3.05, 3.63) is 77.1 Å². The highest BCUT2D eigenvalue weighted by Crippen LogP contribution is 2.44. The van der Waals surface area contributed by atoms with Crippen LogP contribution in [0.15, 0.2) is 60.9 Å². The maximum atomic E-state index is 11.3. The third-order valence-electron chi connectivity index (χ3n) is 3.78. The second kappa shape index (κ2) is 3.95. The Balaban J connectivity index is 2.04. The molecule has 4 rings (SSSR count). The van der Waals surface area contributed by atoms with Crippen LogP contribution in [0.1, 0.15) is 11.1 Å². The van der Waals surface area contributed by atoms with Crippen LogP contribution < -0.4 is 0 Å². The summed E-state index contributed by atoms with van der Waals surface area (Å²) in [5.41, 5.74) is 1.33. The van der Waals surface area contributed by atoms with E-state index >= 15 is 0 Å². The van der Waals surface area contributed by atoms with Gasteiger partial charge in [0.1, 0.15) is 5.82 Å². The van der Waals surface area contributed by atoms with Crippen LogP contribution in [0.2, 0.25) is 5.02 Å². The molecule has 0 saturated carbocycles. The average Bonchev–Trinajstić information content (AvgIpc) is 3.04. The molecule has 0 spiro atoms. The van der Waals surface area contributed by atoms with Crippen molar-refractivity contribution in [3.8, 4) is 11.4 Å². The second-order valence-electron chi connectivity index (χ2n) is 4.85. The summed E-state index contributed by atoms with van der Waals surface area (Å²) in [6.45, 7) is 0. The number of aliphatic hydroxyl groups is 1. The summed E-state index contributed by atoms with van der Waals surface area (Å²) in [4.78, 5) is 4.35. The van der Waals surface area contributed by atoms with Crippen molar-refractivity contribution in [1.82, 2.24) is 9.55 Å². The third kappa shape index (κ3) is 1.36. The summed E-state index contributed by atoms with van der Waals surface area (Å²) in [6.07, 6.45) is 3.50. The van der Waals surface area contributed by atoms with E-state index in [1.807, 2.05) is 36.4 Å². The standard InChI is InChI=1S/C16H11ClN2O/c17-12-7-5-11(6-8-12)16(20)14-4-2-1-3-13(14)15-18-9-10-19(15)16/h1-10,20H. The van der Waals surface area contributed by atoms with E-state index in [-0.39, 0.29) is 0 Å². The number of rotatable bonds is 1. The Morgan fingerprint density at radius 3 is 2.60 bits per heavy atom. The third-order valence-corrected chi connectivity index (χ3v) is 4.03. The van der Waals surface area contributed by atoms with Gasteiger partial charge in [0.2, 0.25) is 0 Å². The average molecular weight is 283 g/mol. The first-order chi connectivity index (χ1) is 9.71. The van der Waals surface area contributed by atoms with Crippen LogP contribution in [0.3, 0.4) is 0 Å². The van der Waals surface area contributed by atoms with E-state index in [1.165, 1.54) is 0 Å². The monoisotopic (exact) mass is 282 g/mol. The molecule has 1 N–H and O–H groups in total. The minimum atomic E-state index is -1.23. The molecule has 1 aliphatic heterocycles. The van der Waals surface area contributed by atoms with Crippen LogP contribution in [0.5, 0.6) is 0 Å². The lowest BCUT2D eigenvalue weighted by atomic mass is 9.94. The summed E-state index contributed by atoms with van der Waals surface area (Å²) in [6, 6.07) is 15.0. The normalized spacial score (nSPS) is 19.7. The zero-order valence-corrected chi connectivity index (χ0v) is 11.2. The predicted molar refractivity (Wildman–Crippen MR) is 77.5 cm³/mol. The van der Waals surface area contributed by atoms with Crippen LogP contribution in [0, 0.1) is 0 Å². The lowest BCUT2D eigenvalue weighted by Crippen LogP contribution is -2.32. The molecule has 98 valence electrons. The number of hydrogen-bond donors (Lipinski definition) is 1. The molecule has 1 atom stereocenters. The summed E-state index contributed by atoms with van der Waals surface area (Å²) in [5.74, 6) is 0.776. The molecule has 0 radical (unpaired) electrons. The van der Waals surface area contributed by atoms with Gasteiger partial charge in [-0.15, -0.1) is 0 Å². The Bertz CT molecular complexity index is 794. The van der Waals surface area contributed by atoms with Gasteiger partial charge >= 0.3 is 0 Å². The predicted octanol–water partition coefficient (Wildman–Crippen LogP) is 3.26. The molecule has 3 nitrogen and oxygen atoms in total. The van der Waals surface area contributed by atoms with Gasteiger partial charge in [-0.1, -0.05) is 48.0 Å². The Morgan fingerprint density at radius 1 is 1.05 bits per heavy atom. The Kier molecular flexibility index (Phi) is 2.31. The van der Waals surface area contributed by atoms with Gasteiger partial charge in [-0.3, -0.25) is 4.57 Å². The maximum absolute atomic E-state index is 11.3. The van der Waals surface area contributed by atoms with E-state index in [0.717, 1.165) is 22.5 Å². The van der Waals surface area contributed by atoms with Crippen molar-refractivity contribution >= 4 is 11.6 Å². The molecule has 1 aromatic heterocycles. The van der Waals surface area contributed by atoms with Crippen LogP contribution in [0.25, 0.3) is 11.4 Å². The van der Waals surface area contributed by atoms with Crippen molar-refractivity contribution < 1.29 is 5.11 Å². The second-order valence-corrected chi connectivity index (χ2v) is 5.28. The largest absolute Gasteiger partial charge is 0.363 e. The van der Waals surface area contributed by atoms with Crippen molar-refractivity contribution in [2.45, 2.75) is 5.72 Å². The minimum Gasteiger partial charge on any atom is -0.363 e. The number of hydrogen-bond acceptors (Lipinski definition) is 2.